The molecule has 0 spiro atoms. The van der Waals surface area contributed by atoms with Crippen molar-refractivity contribution in [3.05, 3.63) is 35.9 Å². The third-order valence-corrected chi connectivity index (χ3v) is 3.48. The second-order valence-corrected chi connectivity index (χ2v) is 6.23. The van der Waals surface area contributed by atoms with E-state index in [1.165, 1.54) is 0 Å². The van der Waals surface area contributed by atoms with Gasteiger partial charge in [-0.15, -0.1) is 0 Å². The molecule has 0 heterocycles. The maximum Gasteiger partial charge on any atom is 0.270 e. The summed E-state index contributed by atoms with van der Waals surface area (Å²) in [4.78, 5) is 29.6. The van der Waals surface area contributed by atoms with Crippen LogP contribution in [0.15, 0.2) is 30.3 Å². The van der Waals surface area contributed by atoms with E-state index < -0.39 is 6.04 Å². The summed E-state index contributed by atoms with van der Waals surface area (Å²) in [5.41, 5.74) is 3.20. The molecule has 1 aliphatic rings. The van der Waals surface area contributed by atoms with E-state index in [2.05, 4.69) is 10.8 Å². The SMILES string of the molecule is CC(C)CC(=O)NC(C(=O)NOCC1CC1)c1ccccc1. The summed E-state index contributed by atoms with van der Waals surface area (Å²) in [6, 6.07) is 8.47. The minimum atomic E-state index is -0.730. The largest absolute Gasteiger partial charge is 0.340 e. The molecule has 0 aromatic heterocycles. The van der Waals surface area contributed by atoms with E-state index in [1.807, 2.05) is 44.2 Å². The zero-order valence-corrected chi connectivity index (χ0v) is 13.2. The van der Waals surface area contributed by atoms with E-state index in [1.54, 1.807) is 0 Å². The van der Waals surface area contributed by atoms with Gasteiger partial charge in [-0.2, -0.15) is 0 Å². The van der Waals surface area contributed by atoms with Gasteiger partial charge in [0.05, 0.1) is 6.61 Å². The predicted octanol–water partition coefficient (Wildman–Crippen LogP) is 2.35. The van der Waals surface area contributed by atoms with Crippen molar-refractivity contribution in [3.8, 4) is 0 Å². The first-order chi connectivity index (χ1) is 10.6. The van der Waals surface area contributed by atoms with Crippen LogP contribution < -0.4 is 10.8 Å². The highest BCUT2D eigenvalue weighted by Crippen LogP contribution is 2.28. The fourth-order valence-electron chi connectivity index (χ4n) is 2.11. The first-order valence-corrected chi connectivity index (χ1v) is 7.82. The molecule has 2 amide bonds. The molecule has 22 heavy (non-hydrogen) atoms. The molecule has 2 rings (SSSR count). The molecular weight excluding hydrogens is 280 g/mol. The van der Waals surface area contributed by atoms with Gasteiger partial charge in [-0.05, 0) is 30.2 Å². The van der Waals surface area contributed by atoms with Crippen LogP contribution in [-0.4, -0.2) is 18.4 Å². The highest BCUT2D eigenvalue weighted by atomic mass is 16.7. The van der Waals surface area contributed by atoms with Gasteiger partial charge < -0.3 is 5.32 Å². The summed E-state index contributed by atoms with van der Waals surface area (Å²) >= 11 is 0. The number of hydrogen-bond donors (Lipinski definition) is 2. The third kappa shape index (κ3) is 5.48. The first-order valence-electron chi connectivity index (χ1n) is 7.82. The molecule has 1 atom stereocenters. The van der Waals surface area contributed by atoms with E-state index in [4.69, 9.17) is 4.84 Å². The minimum Gasteiger partial charge on any atom is -0.340 e. The summed E-state index contributed by atoms with van der Waals surface area (Å²) < 4.78 is 0. The standard InChI is InChI=1S/C17H24N2O3/c1-12(2)10-15(20)18-16(14-6-4-3-5-7-14)17(21)19-22-11-13-8-9-13/h3-7,12-13,16H,8-11H2,1-2H3,(H,18,20)(H,19,21). The van der Waals surface area contributed by atoms with Gasteiger partial charge in [-0.1, -0.05) is 44.2 Å². The lowest BCUT2D eigenvalue weighted by molar-refractivity contribution is -0.139. The lowest BCUT2D eigenvalue weighted by atomic mass is 10.1. The quantitative estimate of drug-likeness (QED) is 0.724. The number of nitrogens with one attached hydrogen (secondary N) is 2. The van der Waals surface area contributed by atoms with Crippen LogP contribution in [0, 0.1) is 11.8 Å². The smallest absolute Gasteiger partial charge is 0.270 e. The molecule has 5 nitrogen and oxygen atoms in total. The molecule has 5 heteroatoms. The number of amides is 2. The summed E-state index contributed by atoms with van der Waals surface area (Å²) in [5, 5.41) is 2.79. The summed E-state index contributed by atoms with van der Waals surface area (Å²) in [7, 11) is 0. The first kappa shape index (κ1) is 16.5. The molecule has 1 fully saturated rings. The van der Waals surface area contributed by atoms with Crippen LogP contribution in [0.1, 0.15) is 44.7 Å². The van der Waals surface area contributed by atoms with E-state index >= 15 is 0 Å². The Labute approximate surface area is 131 Å². The summed E-state index contributed by atoms with van der Waals surface area (Å²) in [6.45, 7) is 4.47. The van der Waals surface area contributed by atoms with Gasteiger partial charge in [-0.25, -0.2) is 5.48 Å². The second kappa shape index (κ2) is 7.94. The zero-order valence-electron chi connectivity index (χ0n) is 13.2. The maximum absolute atomic E-state index is 12.3. The van der Waals surface area contributed by atoms with Crippen molar-refractivity contribution in [1.29, 1.82) is 0 Å². The van der Waals surface area contributed by atoms with Gasteiger partial charge in [0.1, 0.15) is 6.04 Å². The van der Waals surface area contributed by atoms with Crippen molar-refractivity contribution in [3.63, 3.8) is 0 Å². The average molecular weight is 304 g/mol. The van der Waals surface area contributed by atoms with E-state index in [9.17, 15) is 9.59 Å². The maximum atomic E-state index is 12.3. The lowest BCUT2D eigenvalue weighted by Crippen LogP contribution is -2.40. The highest BCUT2D eigenvalue weighted by molar-refractivity contribution is 5.88. The molecule has 0 radical (unpaired) electrons. The van der Waals surface area contributed by atoms with Crippen molar-refractivity contribution in [1.82, 2.24) is 10.8 Å². The minimum absolute atomic E-state index is 0.138. The Morgan fingerprint density at radius 2 is 1.91 bits per heavy atom. The van der Waals surface area contributed by atoms with Crippen LogP contribution in [0.3, 0.4) is 0 Å². The van der Waals surface area contributed by atoms with E-state index in [-0.39, 0.29) is 17.7 Å². The lowest BCUT2D eigenvalue weighted by Gasteiger charge is -2.19. The van der Waals surface area contributed by atoms with Gasteiger partial charge in [0.2, 0.25) is 5.91 Å². The van der Waals surface area contributed by atoms with Gasteiger partial charge in [0.25, 0.3) is 5.91 Å². The molecule has 0 bridgehead atoms. The monoisotopic (exact) mass is 304 g/mol. The van der Waals surface area contributed by atoms with E-state index in [0.29, 0.717) is 18.9 Å². The van der Waals surface area contributed by atoms with Crippen molar-refractivity contribution in [2.24, 2.45) is 11.8 Å². The van der Waals surface area contributed by atoms with Gasteiger partial charge in [0, 0.05) is 6.42 Å². The van der Waals surface area contributed by atoms with Crippen LogP contribution in [0.5, 0.6) is 0 Å². The Hall–Kier alpha value is -1.88. The number of hydroxylamine groups is 1. The van der Waals surface area contributed by atoms with Crippen molar-refractivity contribution in [2.45, 2.75) is 39.2 Å². The fraction of sp³-hybridized carbons (Fsp3) is 0.529. The molecule has 2 N–H and O–H groups in total. The Kier molecular flexibility index (Phi) is 5.95. The van der Waals surface area contributed by atoms with Gasteiger partial charge in [-0.3, -0.25) is 14.4 Å². The number of carbonyl (C=O) groups excluding carboxylic acids is 2. The van der Waals surface area contributed by atoms with Crippen molar-refractivity contribution >= 4 is 11.8 Å². The number of benzene rings is 1. The molecular formula is C17H24N2O3. The van der Waals surface area contributed by atoms with Gasteiger partial charge in [0.15, 0.2) is 0 Å². The Morgan fingerprint density at radius 1 is 1.23 bits per heavy atom. The van der Waals surface area contributed by atoms with Crippen LogP contribution in [0.4, 0.5) is 0 Å². The molecule has 1 unspecified atom stereocenters. The normalized spacial score (nSPS) is 15.4. The molecule has 1 saturated carbocycles. The Morgan fingerprint density at radius 3 is 2.50 bits per heavy atom. The van der Waals surface area contributed by atoms with E-state index in [0.717, 1.165) is 18.4 Å². The topological polar surface area (TPSA) is 67.4 Å². The van der Waals surface area contributed by atoms with Gasteiger partial charge >= 0.3 is 0 Å². The second-order valence-electron chi connectivity index (χ2n) is 6.23. The Balaban J connectivity index is 1.96. The van der Waals surface area contributed by atoms with Crippen molar-refractivity contribution in [2.75, 3.05) is 6.61 Å². The number of rotatable bonds is 8. The predicted molar refractivity (Wildman–Crippen MR) is 83.6 cm³/mol. The average Bonchev–Trinajstić information content (AvgIpc) is 3.29. The summed E-state index contributed by atoms with van der Waals surface area (Å²) in [6.07, 6.45) is 2.70. The molecule has 1 aliphatic carbocycles. The van der Waals surface area contributed by atoms with Crippen LogP contribution >= 0.6 is 0 Å². The number of carbonyl (C=O) groups is 2. The molecule has 1 aromatic rings. The van der Waals surface area contributed by atoms with Crippen molar-refractivity contribution < 1.29 is 14.4 Å². The third-order valence-electron chi connectivity index (χ3n) is 3.48. The Bertz CT molecular complexity index is 498. The highest BCUT2D eigenvalue weighted by Gasteiger charge is 2.25. The molecule has 1 aromatic carbocycles. The van der Waals surface area contributed by atoms with Crippen LogP contribution in [-0.2, 0) is 14.4 Å². The molecule has 0 aliphatic heterocycles. The zero-order chi connectivity index (χ0) is 15.9. The molecule has 120 valence electrons. The number of hydrogen-bond acceptors (Lipinski definition) is 3. The fourth-order valence-corrected chi connectivity index (χ4v) is 2.11. The molecule has 0 saturated heterocycles. The summed E-state index contributed by atoms with van der Waals surface area (Å²) in [5.74, 6) is 0.321. The van der Waals surface area contributed by atoms with Crippen LogP contribution in [0.2, 0.25) is 0 Å². The van der Waals surface area contributed by atoms with Crippen LogP contribution in [0.25, 0.3) is 0 Å².